The van der Waals surface area contributed by atoms with Gasteiger partial charge in [-0.2, -0.15) is 0 Å². The first-order chi connectivity index (χ1) is 8.68. The number of thioether (sulfide) groups is 1. The van der Waals surface area contributed by atoms with Gasteiger partial charge in [0.1, 0.15) is 0 Å². The third kappa shape index (κ3) is 3.23. The van der Waals surface area contributed by atoms with Gasteiger partial charge in [0.15, 0.2) is 0 Å². The number of benzene rings is 1. The summed E-state index contributed by atoms with van der Waals surface area (Å²) in [6.07, 6.45) is 4.67. The van der Waals surface area contributed by atoms with Gasteiger partial charge in [-0.15, -0.1) is 11.8 Å². The molecular weight excluding hydrogens is 250 g/mol. The fourth-order valence-corrected chi connectivity index (χ4v) is 3.59. The molecule has 2 atom stereocenters. The Bertz CT molecular complexity index is 424. The number of aliphatic hydroxyl groups excluding tert-OH is 1. The van der Waals surface area contributed by atoms with Gasteiger partial charge < -0.3 is 5.11 Å². The molecule has 5 heteroatoms. The number of para-hydroxylation sites is 1. The number of nitrogens with zero attached hydrogens (tertiary/aromatic N) is 1. The van der Waals surface area contributed by atoms with Crippen LogP contribution in [0.4, 0.5) is 5.69 Å². The van der Waals surface area contributed by atoms with Crippen LogP contribution in [-0.4, -0.2) is 21.4 Å². The topological polar surface area (TPSA) is 63.4 Å². The lowest BCUT2D eigenvalue weighted by Gasteiger charge is -2.19. The van der Waals surface area contributed by atoms with Crippen LogP contribution < -0.4 is 0 Å². The Kier molecular flexibility index (Phi) is 4.60. The number of hydrogen-bond donors (Lipinski definition) is 1. The summed E-state index contributed by atoms with van der Waals surface area (Å²) in [6, 6.07) is 6.76. The maximum absolute atomic E-state index is 10.9. The van der Waals surface area contributed by atoms with Gasteiger partial charge in [-0.1, -0.05) is 31.4 Å². The van der Waals surface area contributed by atoms with Gasteiger partial charge in [0.05, 0.1) is 15.9 Å². The average molecular weight is 267 g/mol. The van der Waals surface area contributed by atoms with Crippen molar-refractivity contribution in [3.63, 3.8) is 0 Å². The Morgan fingerprint density at radius 2 is 1.94 bits per heavy atom. The van der Waals surface area contributed by atoms with E-state index in [-0.39, 0.29) is 22.0 Å². The second-order valence-corrected chi connectivity index (χ2v) is 5.87. The van der Waals surface area contributed by atoms with E-state index in [1.165, 1.54) is 17.8 Å². The molecule has 0 aliphatic heterocycles. The van der Waals surface area contributed by atoms with Crippen LogP contribution in [0.15, 0.2) is 29.2 Å². The van der Waals surface area contributed by atoms with Gasteiger partial charge in [-0.25, -0.2) is 0 Å². The molecule has 0 bridgehead atoms. The van der Waals surface area contributed by atoms with Crippen LogP contribution in [0.5, 0.6) is 0 Å². The largest absolute Gasteiger partial charge is 0.392 e. The van der Waals surface area contributed by atoms with E-state index in [9.17, 15) is 15.2 Å². The van der Waals surface area contributed by atoms with Crippen molar-refractivity contribution in [3.8, 4) is 0 Å². The van der Waals surface area contributed by atoms with Gasteiger partial charge in [0, 0.05) is 11.3 Å². The van der Waals surface area contributed by atoms with Gasteiger partial charge in [-0.05, 0) is 18.9 Å². The second-order valence-electron chi connectivity index (χ2n) is 4.59. The second kappa shape index (κ2) is 6.20. The molecule has 0 heterocycles. The van der Waals surface area contributed by atoms with Gasteiger partial charge in [0.25, 0.3) is 5.69 Å². The molecule has 1 N–H and O–H groups in total. The Morgan fingerprint density at radius 3 is 2.72 bits per heavy atom. The van der Waals surface area contributed by atoms with E-state index in [1.54, 1.807) is 18.2 Å². The Labute approximate surface area is 111 Å². The third-order valence-corrected chi connectivity index (χ3v) is 4.71. The van der Waals surface area contributed by atoms with Crippen molar-refractivity contribution in [2.45, 2.75) is 48.4 Å². The first-order valence-corrected chi connectivity index (χ1v) is 7.14. The molecule has 0 radical (unpaired) electrons. The van der Waals surface area contributed by atoms with Crippen molar-refractivity contribution in [2.24, 2.45) is 0 Å². The quantitative estimate of drug-likeness (QED) is 0.518. The molecule has 0 aromatic heterocycles. The first kappa shape index (κ1) is 13.4. The van der Waals surface area contributed by atoms with Crippen LogP contribution in [0.25, 0.3) is 0 Å². The molecule has 1 aliphatic rings. The summed E-state index contributed by atoms with van der Waals surface area (Å²) in [7, 11) is 0. The van der Waals surface area contributed by atoms with Gasteiger partial charge in [0.2, 0.25) is 0 Å². The van der Waals surface area contributed by atoms with Crippen LogP contribution >= 0.6 is 11.8 Å². The van der Waals surface area contributed by atoms with E-state index in [0.717, 1.165) is 32.1 Å². The summed E-state index contributed by atoms with van der Waals surface area (Å²) >= 11 is 1.45. The molecular formula is C13H17NO3S. The lowest BCUT2D eigenvalue weighted by atomic mass is 10.1. The molecule has 18 heavy (non-hydrogen) atoms. The summed E-state index contributed by atoms with van der Waals surface area (Å²) < 4.78 is 0. The van der Waals surface area contributed by atoms with Crippen LogP contribution in [-0.2, 0) is 0 Å². The van der Waals surface area contributed by atoms with Crippen molar-refractivity contribution in [1.29, 1.82) is 0 Å². The highest BCUT2D eigenvalue weighted by atomic mass is 32.2. The standard InChI is InChI=1S/C13H17NO3S/c15-11-7-2-1-3-9-13(11)18-12-8-5-4-6-10(12)14(16)17/h4-6,8,11,13,15H,1-3,7,9H2. The zero-order valence-corrected chi connectivity index (χ0v) is 10.9. The number of hydrogen-bond acceptors (Lipinski definition) is 4. The van der Waals surface area contributed by atoms with Crippen LogP contribution in [0.2, 0.25) is 0 Å². The fourth-order valence-electron chi connectivity index (χ4n) is 2.26. The van der Waals surface area contributed by atoms with Crippen molar-refractivity contribution < 1.29 is 10.0 Å². The monoisotopic (exact) mass is 267 g/mol. The molecule has 1 aromatic carbocycles. The van der Waals surface area contributed by atoms with Gasteiger partial charge in [-0.3, -0.25) is 10.1 Å². The lowest BCUT2D eigenvalue weighted by Crippen LogP contribution is -2.21. The highest BCUT2D eigenvalue weighted by Gasteiger charge is 2.25. The predicted molar refractivity (Wildman–Crippen MR) is 71.8 cm³/mol. The SMILES string of the molecule is O=[N+]([O-])c1ccccc1SC1CCCCCC1O. The summed E-state index contributed by atoms with van der Waals surface area (Å²) in [5, 5.41) is 21.1. The van der Waals surface area contributed by atoms with Crippen LogP contribution in [0.3, 0.4) is 0 Å². The Hall–Kier alpha value is -1.07. The Balaban J connectivity index is 2.14. The van der Waals surface area contributed by atoms with Crippen LogP contribution in [0, 0.1) is 10.1 Å². The van der Waals surface area contributed by atoms with Crippen molar-refractivity contribution in [3.05, 3.63) is 34.4 Å². The van der Waals surface area contributed by atoms with Crippen molar-refractivity contribution in [2.75, 3.05) is 0 Å². The zero-order valence-electron chi connectivity index (χ0n) is 10.1. The molecule has 0 amide bonds. The minimum Gasteiger partial charge on any atom is -0.392 e. The lowest BCUT2D eigenvalue weighted by molar-refractivity contribution is -0.387. The molecule has 2 rings (SSSR count). The third-order valence-electron chi connectivity index (χ3n) is 3.26. The Morgan fingerprint density at radius 1 is 1.22 bits per heavy atom. The minimum absolute atomic E-state index is 0.0774. The predicted octanol–water partition coefficient (Wildman–Crippen LogP) is 3.38. The summed E-state index contributed by atoms with van der Waals surface area (Å²) in [5.41, 5.74) is 0.138. The van der Waals surface area contributed by atoms with E-state index >= 15 is 0 Å². The molecule has 1 fully saturated rings. The molecule has 2 unspecified atom stereocenters. The maximum atomic E-state index is 10.9. The highest BCUT2D eigenvalue weighted by molar-refractivity contribution is 8.00. The van der Waals surface area contributed by atoms with E-state index in [0.29, 0.717) is 4.90 Å². The minimum atomic E-state index is -0.356. The highest BCUT2D eigenvalue weighted by Crippen LogP contribution is 2.37. The molecule has 0 saturated heterocycles. The molecule has 4 nitrogen and oxygen atoms in total. The molecule has 0 spiro atoms. The van der Waals surface area contributed by atoms with E-state index in [1.807, 2.05) is 0 Å². The zero-order chi connectivity index (χ0) is 13.0. The molecule has 1 aromatic rings. The van der Waals surface area contributed by atoms with E-state index in [2.05, 4.69) is 0 Å². The average Bonchev–Trinajstić information content (AvgIpc) is 2.55. The molecule has 1 aliphatic carbocycles. The van der Waals surface area contributed by atoms with E-state index < -0.39 is 0 Å². The smallest absolute Gasteiger partial charge is 0.282 e. The number of nitro benzene ring substituents is 1. The number of nitro groups is 1. The molecule has 1 saturated carbocycles. The fraction of sp³-hybridized carbons (Fsp3) is 0.538. The van der Waals surface area contributed by atoms with E-state index in [4.69, 9.17) is 0 Å². The number of rotatable bonds is 3. The summed E-state index contributed by atoms with van der Waals surface area (Å²) in [6.45, 7) is 0. The van der Waals surface area contributed by atoms with Gasteiger partial charge >= 0.3 is 0 Å². The van der Waals surface area contributed by atoms with Crippen molar-refractivity contribution >= 4 is 17.4 Å². The first-order valence-electron chi connectivity index (χ1n) is 6.26. The maximum Gasteiger partial charge on any atom is 0.282 e. The summed E-state index contributed by atoms with van der Waals surface area (Å²) in [5.74, 6) is 0. The summed E-state index contributed by atoms with van der Waals surface area (Å²) in [4.78, 5) is 11.2. The van der Waals surface area contributed by atoms with Crippen LogP contribution in [0.1, 0.15) is 32.1 Å². The number of aliphatic hydroxyl groups is 1. The normalized spacial score (nSPS) is 24.5. The van der Waals surface area contributed by atoms with Crippen molar-refractivity contribution in [1.82, 2.24) is 0 Å². The molecule has 98 valence electrons.